The first-order chi connectivity index (χ1) is 13.8. The summed E-state index contributed by atoms with van der Waals surface area (Å²) in [5.41, 5.74) is 2.54. The number of benzene rings is 2. The summed E-state index contributed by atoms with van der Waals surface area (Å²) in [7, 11) is -2.46. The minimum atomic E-state index is -3.84. The van der Waals surface area contributed by atoms with E-state index in [1.807, 2.05) is 0 Å². The van der Waals surface area contributed by atoms with Crippen molar-refractivity contribution in [2.45, 2.75) is 18.0 Å². The zero-order valence-corrected chi connectivity index (χ0v) is 16.5. The summed E-state index contributed by atoms with van der Waals surface area (Å²) in [6.07, 6.45) is 1.62. The number of primary sulfonamides is 1. The van der Waals surface area contributed by atoms with Gasteiger partial charge in [0.25, 0.3) is 0 Å². The summed E-state index contributed by atoms with van der Waals surface area (Å²) in [6.45, 7) is 3.69. The van der Waals surface area contributed by atoms with E-state index in [1.54, 1.807) is 29.0 Å². The second-order valence-electron chi connectivity index (χ2n) is 6.22. The Morgan fingerprint density at radius 3 is 2.41 bits per heavy atom. The number of hydrogen-bond donors (Lipinski definition) is 2. The van der Waals surface area contributed by atoms with Crippen molar-refractivity contribution >= 4 is 10.0 Å². The van der Waals surface area contributed by atoms with Crippen LogP contribution in [0.1, 0.15) is 5.69 Å². The minimum absolute atomic E-state index is 0.0359. The maximum atomic E-state index is 14.3. The molecule has 3 rings (SSSR count). The molecule has 3 N–H and O–H groups in total. The van der Waals surface area contributed by atoms with Gasteiger partial charge in [-0.3, -0.25) is 4.68 Å². The van der Waals surface area contributed by atoms with Crippen molar-refractivity contribution in [1.82, 2.24) is 9.78 Å². The molecule has 0 aliphatic carbocycles. The summed E-state index contributed by atoms with van der Waals surface area (Å²) >= 11 is 0. The van der Waals surface area contributed by atoms with Crippen LogP contribution in [0.25, 0.3) is 22.4 Å². The van der Waals surface area contributed by atoms with Crippen LogP contribution in [-0.4, -0.2) is 30.4 Å². The molecule has 0 amide bonds. The van der Waals surface area contributed by atoms with Crippen molar-refractivity contribution in [2.75, 3.05) is 7.11 Å². The predicted molar refractivity (Wildman–Crippen MR) is 107 cm³/mol. The van der Waals surface area contributed by atoms with Gasteiger partial charge in [-0.15, -0.1) is 6.58 Å². The van der Waals surface area contributed by atoms with Gasteiger partial charge in [-0.1, -0.05) is 24.3 Å². The highest BCUT2D eigenvalue weighted by Gasteiger charge is 2.21. The number of aliphatic hydroxyl groups excluding tert-OH is 1. The molecule has 0 bridgehead atoms. The van der Waals surface area contributed by atoms with E-state index in [0.717, 1.165) is 0 Å². The quantitative estimate of drug-likeness (QED) is 0.575. The second-order valence-corrected chi connectivity index (χ2v) is 7.78. The molecule has 0 saturated carbocycles. The maximum absolute atomic E-state index is 14.3. The number of methoxy groups -OCH3 is 1. The first kappa shape index (κ1) is 20.7. The van der Waals surface area contributed by atoms with Gasteiger partial charge in [0.2, 0.25) is 10.0 Å². The van der Waals surface area contributed by atoms with Gasteiger partial charge in [0.1, 0.15) is 5.69 Å². The number of aromatic nitrogens is 2. The molecule has 0 spiro atoms. The Hall–Kier alpha value is -3.01. The topological polar surface area (TPSA) is 107 Å². The van der Waals surface area contributed by atoms with E-state index in [-0.39, 0.29) is 17.3 Å². The van der Waals surface area contributed by atoms with Gasteiger partial charge in [0.15, 0.2) is 11.6 Å². The van der Waals surface area contributed by atoms with Crippen molar-refractivity contribution < 1.29 is 22.7 Å². The highest BCUT2D eigenvalue weighted by atomic mass is 32.2. The number of sulfonamides is 1. The van der Waals surface area contributed by atoms with Crippen LogP contribution in [0.5, 0.6) is 5.75 Å². The van der Waals surface area contributed by atoms with Crippen molar-refractivity contribution in [3.05, 3.63) is 66.6 Å². The fourth-order valence-electron chi connectivity index (χ4n) is 3.06. The predicted octanol–water partition coefficient (Wildman–Crippen LogP) is 2.69. The van der Waals surface area contributed by atoms with Crippen LogP contribution in [0.3, 0.4) is 0 Å². The molecule has 0 fully saturated rings. The molecule has 2 aromatic carbocycles. The van der Waals surface area contributed by atoms with E-state index in [0.29, 0.717) is 34.6 Å². The van der Waals surface area contributed by atoms with Crippen molar-refractivity contribution in [3.8, 4) is 28.1 Å². The Morgan fingerprint density at radius 1 is 1.24 bits per heavy atom. The van der Waals surface area contributed by atoms with Gasteiger partial charge in [-0.2, -0.15) is 5.10 Å². The third-order valence-corrected chi connectivity index (χ3v) is 5.34. The first-order valence-corrected chi connectivity index (χ1v) is 10.1. The van der Waals surface area contributed by atoms with Crippen LogP contribution in [0.4, 0.5) is 4.39 Å². The lowest BCUT2D eigenvalue weighted by atomic mass is 9.98. The average Bonchev–Trinajstić information content (AvgIpc) is 3.06. The zero-order chi connectivity index (χ0) is 21.2. The lowest BCUT2D eigenvalue weighted by molar-refractivity contribution is 0.270. The molecule has 29 heavy (non-hydrogen) atoms. The Morgan fingerprint density at radius 2 is 1.90 bits per heavy atom. The van der Waals surface area contributed by atoms with Crippen molar-refractivity contribution in [2.24, 2.45) is 5.14 Å². The van der Waals surface area contributed by atoms with Crippen molar-refractivity contribution in [3.63, 3.8) is 0 Å². The van der Waals surface area contributed by atoms with Gasteiger partial charge in [0.05, 0.1) is 30.9 Å². The number of hydrogen-bond acceptors (Lipinski definition) is 5. The van der Waals surface area contributed by atoms with E-state index >= 15 is 0 Å². The van der Waals surface area contributed by atoms with Gasteiger partial charge >= 0.3 is 0 Å². The number of aliphatic hydroxyl groups is 1. The van der Waals surface area contributed by atoms with Crippen LogP contribution in [0, 0.1) is 5.82 Å². The molecule has 0 atom stereocenters. The normalized spacial score (nSPS) is 11.4. The standard InChI is InChI=1S/C20H20FN3O4S/c1-3-10-24-17(12-25)19(14-6-9-18(28-2)16(21)11-14)20(23-24)13-4-7-15(8-5-13)29(22,26)27/h3-9,11,25H,1,10,12H2,2H3,(H2,22,26,27). The summed E-state index contributed by atoms with van der Waals surface area (Å²) in [5, 5.41) is 19.6. The average molecular weight is 417 g/mol. The van der Waals surface area contributed by atoms with Gasteiger partial charge < -0.3 is 9.84 Å². The van der Waals surface area contributed by atoms with Crippen LogP contribution in [0.2, 0.25) is 0 Å². The zero-order valence-electron chi connectivity index (χ0n) is 15.7. The number of rotatable bonds is 7. The fraction of sp³-hybridized carbons (Fsp3) is 0.150. The molecule has 3 aromatic rings. The summed E-state index contributed by atoms with van der Waals surface area (Å²) in [4.78, 5) is -0.0359. The third kappa shape index (κ3) is 4.07. The van der Waals surface area contributed by atoms with Crippen LogP contribution in [0.15, 0.2) is 60.0 Å². The lowest BCUT2D eigenvalue weighted by Crippen LogP contribution is -2.11. The monoisotopic (exact) mass is 417 g/mol. The SMILES string of the molecule is C=CCn1nc(-c2ccc(S(N)(=O)=O)cc2)c(-c2ccc(OC)c(F)c2)c1CO. The van der Waals surface area contributed by atoms with E-state index in [9.17, 15) is 17.9 Å². The smallest absolute Gasteiger partial charge is 0.238 e. The molecule has 9 heteroatoms. The maximum Gasteiger partial charge on any atom is 0.238 e. The Kier molecular flexibility index (Phi) is 5.83. The Balaban J connectivity index is 2.24. The van der Waals surface area contributed by atoms with E-state index in [1.165, 1.54) is 31.4 Å². The molecule has 0 unspecified atom stereocenters. The number of nitrogens with zero attached hydrogens (tertiary/aromatic N) is 2. The number of ether oxygens (including phenoxy) is 1. The molecule has 0 saturated heterocycles. The molecule has 152 valence electrons. The summed E-state index contributed by atoms with van der Waals surface area (Å²) in [6, 6.07) is 10.3. The molecular weight excluding hydrogens is 397 g/mol. The number of nitrogens with two attached hydrogens (primary N) is 1. The third-order valence-electron chi connectivity index (χ3n) is 4.41. The molecule has 0 radical (unpaired) electrons. The highest BCUT2D eigenvalue weighted by Crippen LogP contribution is 2.36. The van der Waals surface area contributed by atoms with Crippen molar-refractivity contribution in [1.29, 1.82) is 0 Å². The van der Waals surface area contributed by atoms with Gasteiger partial charge in [-0.25, -0.2) is 17.9 Å². The number of halogens is 1. The number of allylic oxidation sites excluding steroid dienone is 1. The lowest BCUT2D eigenvalue weighted by Gasteiger charge is -2.09. The van der Waals surface area contributed by atoms with E-state index in [4.69, 9.17) is 9.88 Å². The summed E-state index contributed by atoms with van der Waals surface area (Å²) in [5.74, 6) is -0.460. The molecule has 7 nitrogen and oxygen atoms in total. The highest BCUT2D eigenvalue weighted by molar-refractivity contribution is 7.89. The van der Waals surface area contributed by atoms with Crippen LogP contribution >= 0.6 is 0 Å². The van der Waals surface area contributed by atoms with Crippen LogP contribution in [-0.2, 0) is 23.2 Å². The van der Waals surface area contributed by atoms with Gasteiger partial charge in [0, 0.05) is 11.1 Å². The largest absolute Gasteiger partial charge is 0.494 e. The van der Waals surface area contributed by atoms with E-state index in [2.05, 4.69) is 11.7 Å². The fourth-order valence-corrected chi connectivity index (χ4v) is 3.58. The first-order valence-electron chi connectivity index (χ1n) is 8.58. The van der Waals surface area contributed by atoms with Gasteiger partial charge in [-0.05, 0) is 29.8 Å². The molecular formula is C20H20FN3O4S. The Bertz CT molecular complexity index is 1160. The molecule has 1 aromatic heterocycles. The second kappa shape index (κ2) is 8.16. The summed E-state index contributed by atoms with van der Waals surface area (Å²) < 4.78 is 43.9. The molecule has 0 aliphatic heterocycles. The molecule has 0 aliphatic rings. The Labute approximate surface area is 167 Å². The van der Waals surface area contributed by atoms with E-state index < -0.39 is 15.8 Å². The minimum Gasteiger partial charge on any atom is -0.494 e. The molecule has 1 heterocycles. The van der Waals surface area contributed by atoms with Crippen LogP contribution < -0.4 is 9.88 Å².